The maximum atomic E-state index is 12.3. The van der Waals surface area contributed by atoms with Crippen molar-refractivity contribution in [1.82, 2.24) is 15.2 Å². The number of phenolic OH excluding ortho intramolecular Hbond substituents is 1. The molecule has 0 aliphatic rings. The number of amides is 1. The summed E-state index contributed by atoms with van der Waals surface area (Å²) < 4.78 is 1.58. The summed E-state index contributed by atoms with van der Waals surface area (Å²) in [6.45, 7) is 0. The van der Waals surface area contributed by atoms with Gasteiger partial charge < -0.3 is 5.11 Å². The lowest BCUT2D eigenvalue weighted by atomic mass is 10.1. The SMILES string of the molecule is O=C(N/N=C/c1cn(-c2ccc([N+](=O)[O-])cc2)nc1-c1ccccc1)c1ccccc1O. The number of hydrogen-bond acceptors (Lipinski definition) is 6. The molecule has 0 aliphatic carbocycles. The van der Waals surface area contributed by atoms with Crippen LogP contribution in [0.3, 0.4) is 0 Å². The molecule has 0 saturated carbocycles. The first-order valence-corrected chi connectivity index (χ1v) is 9.54. The van der Waals surface area contributed by atoms with Crippen molar-refractivity contribution in [2.75, 3.05) is 0 Å². The maximum Gasteiger partial charge on any atom is 0.275 e. The number of hydrazone groups is 1. The number of carbonyl (C=O) groups excluding carboxylic acids is 1. The molecule has 1 amide bonds. The Balaban J connectivity index is 1.64. The van der Waals surface area contributed by atoms with Gasteiger partial charge in [-0.3, -0.25) is 14.9 Å². The second-order valence-corrected chi connectivity index (χ2v) is 6.73. The number of non-ortho nitro benzene ring substituents is 1. The molecule has 3 aromatic carbocycles. The standard InChI is InChI=1S/C23H17N5O4/c29-21-9-5-4-8-20(21)23(30)25-24-14-17-15-27(18-10-12-19(13-11-18)28(31)32)26-22(17)16-6-2-1-3-7-16/h1-15,29H,(H,25,30)/b24-14+. The average molecular weight is 427 g/mol. The topological polar surface area (TPSA) is 123 Å². The maximum absolute atomic E-state index is 12.3. The van der Waals surface area contributed by atoms with E-state index in [1.807, 2.05) is 30.3 Å². The fourth-order valence-electron chi connectivity index (χ4n) is 3.05. The van der Waals surface area contributed by atoms with Crippen LogP contribution in [-0.4, -0.2) is 31.9 Å². The van der Waals surface area contributed by atoms with Crippen molar-refractivity contribution in [3.8, 4) is 22.7 Å². The number of phenols is 1. The van der Waals surface area contributed by atoms with Gasteiger partial charge in [0, 0.05) is 29.5 Å². The van der Waals surface area contributed by atoms with E-state index >= 15 is 0 Å². The Kier molecular flexibility index (Phi) is 5.71. The summed E-state index contributed by atoms with van der Waals surface area (Å²) in [7, 11) is 0. The number of nitrogens with one attached hydrogen (secondary N) is 1. The summed E-state index contributed by atoms with van der Waals surface area (Å²) in [5.74, 6) is -0.695. The fourth-order valence-corrected chi connectivity index (χ4v) is 3.05. The minimum atomic E-state index is -0.552. The lowest BCUT2D eigenvalue weighted by Crippen LogP contribution is -2.17. The zero-order chi connectivity index (χ0) is 22.5. The van der Waals surface area contributed by atoms with Crippen molar-refractivity contribution >= 4 is 17.8 Å². The first-order chi connectivity index (χ1) is 15.5. The molecular weight excluding hydrogens is 410 g/mol. The molecule has 32 heavy (non-hydrogen) atoms. The molecule has 0 bridgehead atoms. The fraction of sp³-hybridized carbons (Fsp3) is 0. The van der Waals surface area contributed by atoms with Gasteiger partial charge in [0.25, 0.3) is 11.6 Å². The molecule has 4 rings (SSSR count). The molecule has 0 spiro atoms. The van der Waals surface area contributed by atoms with Crippen LogP contribution in [0.15, 0.2) is 90.2 Å². The Morgan fingerprint density at radius 2 is 1.72 bits per heavy atom. The molecule has 0 fully saturated rings. The molecule has 1 aromatic heterocycles. The Morgan fingerprint density at radius 3 is 2.41 bits per heavy atom. The van der Waals surface area contributed by atoms with Gasteiger partial charge in [-0.2, -0.15) is 10.2 Å². The van der Waals surface area contributed by atoms with Gasteiger partial charge in [-0.15, -0.1) is 0 Å². The van der Waals surface area contributed by atoms with E-state index in [-0.39, 0.29) is 17.0 Å². The average Bonchev–Trinajstić information content (AvgIpc) is 3.24. The van der Waals surface area contributed by atoms with E-state index in [0.717, 1.165) is 5.56 Å². The zero-order valence-corrected chi connectivity index (χ0v) is 16.6. The van der Waals surface area contributed by atoms with Crippen LogP contribution >= 0.6 is 0 Å². The van der Waals surface area contributed by atoms with Crippen molar-refractivity contribution in [2.45, 2.75) is 0 Å². The third-order valence-corrected chi connectivity index (χ3v) is 4.63. The number of hydrogen-bond donors (Lipinski definition) is 2. The molecule has 0 aliphatic heterocycles. The van der Waals surface area contributed by atoms with Gasteiger partial charge in [0.05, 0.1) is 22.4 Å². The quantitative estimate of drug-likeness (QED) is 0.274. The van der Waals surface area contributed by atoms with E-state index in [1.54, 1.807) is 35.1 Å². The highest BCUT2D eigenvalue weighted by Crippen LogP contribution is 2.23. The first kappa shape index (κ1) is 20.5. The van der Waals surface area contributed by atoms with E-state index in [9.17, 15) is 20.0 Å². The van der Waals surface area contributed by atoms with Crippen LogP contribution in [0.5, 0.6) is 5.75 Å². The van der Waals surface area contributed by atoms with Crippen LogP contribution in [0.4, 0.5) is 5.69 Å². The first-order valence-electron chi connectivity index (χ1n) is 9.54. The molecular formula is C23H17N5O4. The lowest BCUT2D eigenvalue weighted by Gasteiger charge is -2.02. The van der Waals surface area contributed by atoms with Crippen LogP contribution in [0.1, 0.15) is 15.9 Å². The summed E-state index contributed by atoms with van der Waals surface area (Å²) in [5.41, 5.74) is 5.18. The van der Waals surface area contributed by atoms with Gasteiger partial charge in [-0.05, 0) is 24.3 Å². The van der Waals surface area contributed by atoms with Crippen LogP contribution in [0, 0.1) is 10.1 Å². The van der Waals surface area contributed by atoms with Gasteiger partial charge in [0.2, 0.25) is 0 Å². The van der Waals surface area contributed by atoms with Crippen molar-refractivity contribution in [3.05, 3.63) is 106 Å². The molecule has 158 valence electrons. The van der Waals surface area contributed by atoms with E-state index < -0.39 is 10.8 Å². The minimum absolute atomic E-state index is 0.0159. The van der Waals surface area contributed by atoms with Gasteiger partial charge in [0.1, 0.15) is 11.4 Å². The van der Waals surface area contributed by atoms with Crippen LogP contribution in [0.2, 0.25) is 0 Å². The highest BCUT2D eigenvalue weighted by Gasteiger charge is 2.13. The van der Waals surface area contributed by atoms with Crippen LogP contribution < -0.4 is 5.43 Å². The second kappa shape index (κ2) is 8.92. The summed E-state index contributed by atoms with van der Waals surface area (Å²) in [4.78, 5) is 22.7. The summed E-state index contributed by atoms with van der Waals surface area (Å²) in [6.07, 6.45) is 3.16. The van der Waals surface area contributed by atoms with E-state index in [4.69, 9.17) is 0 Å². The monoisotopic (exact) mass is 427 g/mol. The van der Waals surface area contributed by atoms with Gasteiger partial charge in [0.15, 0.2) is 0 Å². The van der Waals surface area contributed by atoms with Gasteiger partial charge in [-0.25, -0.2) is 10.1 Å². The van der Waals surface area contributed by atoms with Crippen LogP contribution in [0.25, 0.3) is 16.9 Å². The predicted octanol–water partition coefficient (Wildman–Crippen LogP) is 3.92. The van der Waals surface area contributed by atoms with E-state index in [1.165, 1.54) is 30.5 Å². The van der Waals surface area contributed by atoms with Crippen LogP contribution in [-0.2, 0) is 0 Å². The number of nitro benzene ring substituents is 1. The largest absolute Gasteiger partial charge is 0.507 e. The number of carbonyl (C=O) groups is 1. The number of nitro groups is 1. The molecule has 9 heteroatoms. The zero-order valence-electron chi connectivity index (χ0n) is 16.6. The number of aromatic hydroxyl groups is 1. The second-order valence-electron chi connectivity index (χ2n) is 6.73. The summed E-state index contributed by atoms with van der Waals surface area (Å²) >= 11 is 0. The highest BCUT2D eigenvalue weighted by molar-refractivity contribution is 5.97. The highest BCUT2D eigenvalue weighted by atomic mass is 16.6. The predicted molar refractivity (Wildman–Crippen MR) is 119 cm³/mol. The number of rotatable bonds is 6. The molecule has 0 saturated heterocycles. The van der Waals surface area contributed by atoms with E-state index in [2.05, 4.69) is 15.6 Å². The normalized spacial score (nSPS) is 10.9. The molecule has 0 radical (unpaired) electrons. The summed E-state index contributed by atoms with van der Waals surface area (Å²) in [5, 5.41) is 29.3. The lowest BCUT2D eigenvalue weighted by molar-refractivity contribution is -0.384. The molecule has 2 N–H and O–H groups in total. The van der Waals surface area contributed by atoms with Gasteiger partial charge in [-0.1, -0.05) is 42.5 Å². The van der Waals surface area contributed by atoms with Crippen molar-refractivity contribution in [2.24, 2.45) is 5.10 Å². The molecule has 4 aromatic rings. The van der Waals surface area contributed by atoms with Crippen molar-refractivity contribution < 1.29 is 14.8 Å². The third kappa shape index (κ3) is 4.36. The van der Waals surface area contributed by atoms with E-state index in [0.29, 0.717) is 16.9 Å². The third-order valence-electron chi connectivity index (χ3n) is 4.63. The molecule has 1 heterocycles. The number of para-hydroxylation sites is 1. The summed E-state index contributed by atoms with van der Waals surface area (Å²) in [6, 6.07) is 21.6. The van der Waals surface area contributed by atoms with Gasteiger partial charge >= 0.3 is 0 Å². The Bertz CT molecular complexity index is 1300. The van der Waals surface area contributed by atoms with Crippen molar-refractivity contribution in [3.63, 3.8) is 0 Å². The number of nitrogens with zero attached hydrogens (tertiary/aromatic N) is 4. The van der Waals surface area contributed by atoms with Crippen molar-refractivity contribution in [1.29, 1.82) is 0 Å². The Hall–Kier alpha value is -4.79. The number of benzene rings is 3. The minimum Gasteiger partial charge on any atom is -0.507 e. The smallest absolute Gasteiger partial charge is 0.275 e. The Morgan fingerprint density at radius 1 is 1.03 bits per heavy atom. The Labute approximate surface area is 182 Å². The molecule has 0 unspecified atom stereocenters. The molecule has 0 atom stereocenters. The molecule has 9 nitrogen and oxygen atoms in total. The number of aromatic nitrogens is 2.